The Balaban J connectivity index is 2.02. The molecule has 0 amide bonds. The molecule has 4 nitrogen and oxygen atoms in total. The van der Waals surface area contributed by atoms with Crippen LogP contribution >= 0.6 is 0 Å². The van der Waals surface area contributed by atoms with Crippen LogP contribution in [0.2, 0.25) is 0 Å². The number of aromatic amines is 1. The van der Waals surface area contributed by atoms with Crippen molar-refractivity contribution in [2.75, 3.05) is 20.3 Å². The van der Waals surface area contributed by atoms with Crippen LogP contribution in [0.25, 0.3) is 10.9 Å². The van der Waals surface area contributed by atoms with Gasteiger partial charge in [-0.2, -0.15) is 0 Å². The fourth-order valence-electron chi connectivity index (χ4n) is 2.68. The second-order valence-electron chi connectivity index (χ2n) is 4.86. The van der Waals surface area contributed by atoms with E-state index in [1.54, 1.807) is 13.3 Å². The van der Waals surface area contributed by atoms with Gasteiger partial charge in [-0.1, -0.05) is 6.07 Å². The number of H-pyrrole nitrogens is 1. The molecule has 1 aliphatic heterocycles. The predicted octanol–water partition coefficient (Wildman–Crippen LogP) is 2.79. The Morgan fingerprint density at radius 3 is 3.11 bits per heavy atom. The summed E-state index contributed by atoms with van der Waals surface area (Å²) in [5, 5.41) is 0.876. The Hall–Kier alpha value is -1.81. The quantitative estimate of drug-likeness (QED) is 0.862. The van der Waals surface area contributed by atoms with Crippen molar-refractivity contribution in [2.24, 2.45) is 5.92 Å². The van der Waals surface area contributed by atoms with Gasteiger partial charge in [-0.3, -0.25) is 4.79 Å². The van der Waals surface area contributed by atoms with Crippen molar-refractivity contribution in [2.45, 2.75) is 12.8 Å². The minimum Gasteiger partial charge on any atom is -0.496 e. The van der Waals surface area contributed by atoms with E-state index in [2.05, 4.69) is 4.98 Å². The first-order valence-corrected chi connectivity index (χ1v) is 6.57. The number of ketones is 1. The second-order valence-corrected chi connectivity index (χ2v) is 4.86. The first-order valence-electron chi connectivity index (χ1n) is 6.57. The largest absolute Gasteiger partial charge is 0.496 e. The average Bonchev–Trinajstić information content (AvgIpc) is 2.91. The smallest absolute Gasteiger partial charge is 0.170 e. The highest BCUT2D eigenvalue weighted by atomic mass is 16.5. The SMILES string of the molecule is COc1cccc2[nH]cc(C(=O)C3CCCOC3)c12. The van der Waals surface area contributed by atoms with Gasteiger partial charge in [0.15, 0.2) is 5.78 Å². The van der Waals surface area contributed by atoms with Crippen LogP contribution in [-0.4, -0.2) is 31.1 Å². The first kappa shape index (κ1) is 12.2. The van der Waals surface area contributed by atoms with E-state index >= 15 is 0 Å². The highest BCUT2D eigenvalue weighted by Gasteiger charge is 2.26. The maximum absolute atomic E-state index is 12.6. The van der Waals surface area contributed by atoms with E-state index in [-0.39, 0.29) is 11.7 Å². The van der Waals surface area contributed by atoms with Gasteiger partial charge < -0.3 is 14.5 Å². The molecule has 0 bridgehead atoms. The zero-order chi connectivity index (χ0) is 13.2. The molecule has 1 aliphatic rings. The number of Topliss-reactive ketones (excluding diaryl/α,β-unsaturated/α-hetero) is 1. The molecular weight excluding hydrogens is 242 g/mol. The van der Waals surface area contributed by atoms with Crippen molar-refractivity contribution in [1.29, 1.82) is 0 Å². The molecule has 1 fully saturated rings. The lowest BCUT2D eigenvalue weighted by Gasteiger charge is -2.20. The maximum atomic E-state index is 12.6. The van der Waals surface area contributed by atoms with Crippen molar-refractivity contribution in [3.05, 3.63) is 30.0 Å². The number of hydrogen-bond acceptors (Lipinski definition) is 3. The summed E-state index contributed by atoms with van der Waals surface area (Å²) in [7, 11) is 1.62. The number of rotatable bonds is 3. The topological polar surface area (TPSA) is 51.3 Å². The normalized spacial score (nSPS) is 19.5. The molecule has 100 valence electrons. The lowest BCUT2D eigenvalue weighted by Crippen LogP contribution is -2.25. The van der Waals surface area contributed by atoms with E-state index in [9.17, 15) is 4.79 Å². The number of hydrogen-bond donors (Lipinski definition) is 1. The van der Waals surface area contributed by atoms with Crippen LogP contribution < -0.4 is 4.74 Å². The summed E-state index contributed by atoms with van der Waals surface area (Å²) in [6.45, 7) is 1.29. The van der Waals surface area contributed by atoms with E-state index < -0.39 is 0 Å². The summed E-state index contributed by atoms with van der Waals surface area (Å²) in [5.74, 6) is 0.854. The van der Waals surface area contributed by atoms with Gasteiger partial charge >= 0.3 is 0 Å². The molecule has 0 saturated carbocycles. The van der Waals surface area contributed by atoms with Gasteiger partial charge in [0.05, 0.1) is 19.1 Å². The van der Waals surface area contributed by atoms with Gasteiger partial charge in [0, 0.05) is 29.8 Å². The van der Waals surface area contributed by atoms with E-state index in [4.69, 9.17) is 9.47 Å². The number of methoxy groups -OCH3 is 1. The molecule has 1 N–H and O–H groups in total. The Kier molecular flexibility index (Phi) is 3.25. The van der Waals surface area contributed by atoms with Crippen molar-refractivity contribution < 1.29 is 14.3 Å². The predicted molar refractivity (Wildman–Crippen MR) is 72.7 cm³/mol. The second kappa shape index (κ2) is 5.05. The van der Waals surface area contributed by atoms with E-state index in [1.807, 2.05) is 18.2 Å². The minimum absolute atomic E-state index is 0.0299. The molecule has 19 heavy (non-hydrogen) atoms. The summed E-state index contributed by atoms with van der Waals surface area (Å²) in [6, 6.07) is 5.74. The molecule has 4 heteroatoms. The fraction of sp³-hybridized carbons (Fsp3) is 0.400. The van der Waals surface area contributed by atoms with Crippen LogP contribution in [0.3, 0.4) is 0 Å². The van der Waals surface area contributed by atoms with Crippen molar-refractivity contribution in [3.63, 3.8) is 0 Å². The number of carbonyl (C=O) groups is 1. The standard InChI is InChI=1S/C15H17NO3/c1-18-13-6-2-5-12-14(13)11(8-16-12)15(17)10-4-3-7-19-9-10/h2,5-6,8,10,16H,3-4,7,9H2,1H3. The van der Waals surface area contributed by atoms with E-state index in [0.717, 1.165) is 36.1 Å². The highest BCUT2D eigenvalue weighted by Crippen LogP contribution is 2.31. The van der Waals surface area contributed by atoms with Crippen LogP contribution in [0.15, 0.2) is 24.4 Å². The lowest BCUT2D eigenvalue weighted by molar-refractivity contribution is 0.0462. The molecule has 1 unspecified atom stereocenters. The van der Waals surface area contributed by atoms with E-state index in [1.165, 1.54) is 0 Å². The van der Waals surface area contributed by atoms with Crippen molar-refractivity contribution in [1.82, 2.24) is 4.98 Å². The number of ether oxygens (including phenoxy) is 2. The van der Waals surface area contributed by atoms with Crippen LogP contribution in [0, 0.1) is 5.92 Å². The van der Waals surface area contributed by atoms with Gasteiger partial charge in [0.2, 0.25) is 0 Å². The highest BCUT2D eigenvalue weighted by molar-refractivity contribution is 6.10. The summed E-state index contributed by atoms with van der Waals surface area (Å²) >= 11 is 0. The fourth-order valence-corrected chi connectivity index (χ4v) is 2.68. The number of aromatic nitrogens is 1. The number of carbonyl (C=O) groups excluding carboxylic acids is 1. The van der Waals surface area contributed by atoms with Crippen LogP contribution in [0.4, 0.5) is 0 Å². The van der Waals surface area contributed by atoms with Gasteiger partial charge in [0.25, 0.3) is 0 Å². The Labute approximate surface area is 111 Å². The molecular formula is C15H17NO3. The number of fused-ring (bicyclic) bond motifs is 1. The first-order chi connectivity index (χ1) is 9.31. The Morgan fingerprint density at radius 2 is 2.37 bits per heavy atom. The molecule has 0 spiro atoms. The minimum atomic E-state index is -0.0299. The molecule has 1 aromatic carbocycles. The number of benzene rings is 1. The summed E-state index contributed by atoms with van der Waals surface area (Å²) < 4.78 is 10.8. The maximum Gasteiger partial charge on any atom is 0.170 e. The third-order valence-electron chi connectivity index (χ3n) is 3.68. The molecule has 2 aromatic rings. The summed E-state index contributed by atoms with van der Waals surface area (Å²) in [4.78, 5) is 15.7. The third kappa shape index (κ3) is 2.12. The van der Waals surface area contributed by atoms with Crippen molar-refractivity contribution >= 4 is 16.7 Å². The molecule has 1 aromatic heterocycles. The summed E-state index contributed by atoms with van der Waals surface area (Å²) in [6.07, 6.45) is 3.64. The lowest BCUT2D eigenvalue weighted by atomic mass is 9.92. The van der Waals surface area contributed by atoms with Gasteiger partial charge in [0.1, 0.15) is 5.75 Å². The van der Waals surface area contributed by atoms with Crippen LogP contribution in [0.5, 0.6) is 5.75 Å². The van der Waals surface area contributed by atoms with Gasteiger partial charge in [-0.25, -0.2) is 0 Å². The van der Waals surface area contributed by atoms with Crippen molar-refractivity contribution in [3.8, 4) is 5.75 Å². The van der Waals surface area contributed by atoms with Crippen LogP contribution in [0.1, 0.15) is 23.2 Å². The van der Waals surface area contributed by atoms with Gasteiger partial charge in [-0.15, -0.1) is 0 Å². The Bertz CT molecular complexity index is 596. The average molecular weight is 259 g/mol. The molecule has 0 radical (unpaired) electrons. The molecule has 0 aliphatic carbocycles. The molecule has 3 rings (SSSR count). The molecule has 2 heterocycles. The van der Waals surface area contributed by atoms with Gasteiger partial charge in [-0.05, 0) is 25.0 Å². The van der Waals surface area contributed by atoms with Crippen LogP contribution in [-0.2, 0) is 4.74 Å². The molecule has 1 atom stereocenters. The monoisotopic (exact) mass is 259 g/mol. The van der Waals surface area contributed by atoms with E-state index in [0.29, 0.717) is 12.2 Å². The summed E-state index contributed by atoms with van der Waals surface area (Å²) in [5.41, 5.74) is 1.64. The molecule has 1 saturated heterocycles. The number of nitrogens with one attached hydrogen (secondary N) is 1. The zero-order valence-electron chi connectivity index (χ0n) is 10.9. The Morgan fingerprint density at radius 1 is 1.47 bits per heavy atom. The third-order valence-corrected chi connectivity index (χ3v) is 3.68. The zero-order valence-corrected chi connectivity index (χ0v) is 10.9.